The molecule has 220 valence electrons. The fourth-order valence-electron chi connectivity index (χ4n) is 5.96. The van der Waals surface area contributed by atoms with Crippen molar-refractivity contribution in [1.82, 2.24) is 14.8 Å². The highest BCUT2D eigenvalue weighted by Gasteiger charge is 2.43. The number of hydrogen-bond acceptors (Lipinski definition) is 8. The number of thiazole rings is 1. The molecule has 0 saturated carbocycles. The summed E-state index contributed by atoms with van der Waals surface area (Å²) in [6, 6.07) is 16.2. The Kier molecular flexibility index (Phi) is 7.81. The Hall–Kier alpha value is -3.32. The van der Waals surface area contributed by atoms with Crippen LogP contribution in [0.5, 0.6) is 0 Å². The van der Waals surface area contributed by atoms with Gasteiger partial charge in [0, 0.05) is 30.4 Å². The van der Waals surface area contributed by atoms with Gasteiger partial charge in [-0.2, -0.15) is 8.42 Å². The van der Waals surface area contributed by atoms with Crippen LogP contribution in [0.2, 0.25) is 0 Å². The van der Waals surface area contributed by atoms with Crippen molar-refractivity contribution in [2.75, 3.05) is 23.3 Å². The molecule has 12 heteroatoms. The molecule has 2 fully saturated rings. The molecule has 3 aromatic rings. The van der Waals surface area contributed by atoms with E-state index in [-0.39, 0.29) is 33.3 Å². The van der Waals surface area contributed by atoms with E-state index in [1.165, 1.54) is 35.3 Å². The number of carbonyl (C=O) groups excluding carboxylic acids is 1. The smallest absolute Gasteiger partial charge is 0.279 e. The minimum Gasteiger partial charge on any atom is -0.315 e. The number of likely N-dealkylation sites (tertiary alicyclic amines) is 2. The summed E-state index contributed by atoms with van der Waals surface area (Å²) < 4.78 is 55.4. The Balaban J connectivity index is 1.21. The molecule has 1 aliphatic carbocycles. The second kappa shape index (κ2) is 11.4. The fraction of sp³-hybridized carbons (Fsp3) is 0.333. The number of carbonyl (C=O) groups is 1. The third-order valence-corrected chi connectivity index (χ3v) is 13.5. The molecular weight excluding hydrogens is 593 g/mol. The van der Waals surface area contributed by atoms with Gasteiger partial charge in [-0.05, 0) is 74.9 Å². The summed E-state index contributed by atoms with van der Waals surface area (Å²) >= 11 is 0.935. The SMILES string of the molecule is Cc1ccc(S(=O)(=O)N(c2nccs2)S(=O)(=O)C2=CC=C(N3CCC(N4CCC(c5ccccc5)C4)C3=O)CC2)cc1. The molecule has 2 aromatic carbocycles. The number of aromatic nitrogens is 1. The van der Waals surface area contributed by atoms with Crippen molar-refractivity contribution in [2.45, 2.75) is 49.5 Å². The summed E-state index contributed by atoms with van der Waals surface area (Å²) in [5, 5.41) is 1.39. The number of hydrogen-bond donors (Lipinski definition) is 0. The second-order valence-corrected chi connectivity index (χ2v) is 15.5. The molecular formula is C30H32N4O5S3. The van der Waals surface area contributed by atoms with Gasteiger partial charge in [-0.3, -0.25) is 9.69 Å². The van der Waals surface area contributed by atoms with Crippen LogP contribution in [0.3, 0.4) is 0 Å². The lowest BCUT2D eigenvalue weighted by Crippen LogP contribution is -2.40. The molecule has 0 N–H and O–H groups in total. The number of aryl methyl sites for hydroxylation is 1. The van der Waals surface area contributed by atoms with Crippen LogP contribution >= 0.6 is 11.3 Å². The van der Waals surface area contributed by atoms with Crippen molar-refractivity contribution in [3.05, 3.63) is 100 Å². The molecule has 0 radical (unpaired) electrons. The zero-order valence-electron chi connectivity index (χ0n) is 23.2. The maximum absolute atomic E-state index is 13.9. The summed E-state index contributed by atoms with van der Waals surface area (Å²) in [4.78, 5) is 21.4. The molecule has 2 saturated heterocycles. The molecule has 1 amide bonds. The van der Waals surface area contributed by atoms with E-state index in [0.29, 0.717) is 22.6 Å². The average Bonchev–Trinajstić information content (AvgIpc) is 3.76. The topological polar surface area (TPSA) is 108 Å². The zero-order chi connectivity index (χ0) is 29.5. The number of sulfonamides is 2. The predicted octanol–water partition coefficient (Wildman–Crippen LogP) is 4.63. The van der Waals surface area contributed by atoms with E-state index in [1.54, 1.807) is 23.1 Å². The van der Waals surface area contributed by atoms with Gasteiger partial charge < -0.3 is 4.90 Å². The first kappa shape index (κ1) is 28.8. The molecule has 0 bridgehead atoms. The van der Waals surface area contributed by atoms with Gasteiger partial charge in [-0.15, -0.1) is 15.0 Å². The van der Waals surface area contributed by atoms with E-state index in [4.69, 9.17) is 0 Å². The molecule has 1 aromatic heterocycles. The van der Waals surface area contributed by atoms with Crippen LogP contribution in [0.25, 0.3) is 0 Å². The Labute approximate surface area is 250 Å². The average molecular weight is 625 g/mol. The molecule has 42 heavy (non-hydrogen) atoms. The summed E-state index contributed by atoms with van der Waals surface area (Å²) in [5.74, 6) is 0.454. The highest BCUT2D eigenvalue weighted by molar-refractivity contribution is 8.12. The van der Waals surface area contributed by atoms with Crippen molar-refractivity contribution < 1.29 is 21.6 Å². The van der Waals surface area contributed by atoms with Crippen molar-refractivity contribution >= 4 is 42.4 Å². The summed E-state index contributed by atoms with van der Waals surface area (Å²) in [6.07, 6.45) is 6.58. The maximum Gasteiger partial charge on any atom is 0.279 e. The predicted molar refractivity (Wildman–Crippen MR) is 163 cm³/mol. The number of benzene rings is 2. The van der Waals surface area contributed by atoms with E-state index in [9.17, 15) is 21.6 Å². The van der Waals surface area contributed by atoms with Crippen molar-refractivity contribution in [3.63, 3.8) is 0 Å². The van der Waals surface area contributed by atoms with Crippen molar-refractivity contribution in [2.24, 2.45) is 0 Å². The molecule has 0 spiro atoms. The number of amides is 1. The standard InChI is InChI=1S/C30H32N4O5S3/c1-22-7-11-26(12-8-22)41(36,37)34(30-31-17-20-40-30)42(38,39)27-13-9-25(10-14-27)33-19-16-28(29(33)35)32-18-15-24(21-32)23-5-3-2-4-6-23/h2-9,11-13,17,20,24,28H,10,14-16,18-19,21H2,1H3. The van der Waals surface area contributed by atoms with Gasteiger partial charge in [0.05, 0.1) is 15.8 Å². The minimum atomic E-state index is -4.48. The third kappa shape index (κ3) is 5.32. The number of anilines is 1. The van der Waals surface area contributed by atoms with E-state index in [1.807, 2.05) is 25.1 Å². The zero-order valence-corrected chi connectivity index (χ0v) is 25.6. The van der Waals surface area contributed by atoms with Gasteiger partial charge in [0.2, 0.25) is 11.0 Å². The normalized spacial score (nSPS) is 21.8. The van der Waals surface area contributed by atoms with Gasteiger partial charge in [0.25, 0.3) is 20.0 Å². The number of rotatable bonds is 8. The quantitative estimate of drug-likeness (QED) is 0.360. The molecule has 3 aliphatic rings. The molecule has 2 atom stereocenters. The van der Waals surface area contributed by atoms with E-state index in [0.717, 1.165) is 48.5 Å². The summed E-state index contributed by atoms with van der Waals surface area (Å²) in [7, 11) is -8.95. The van der Waals surface area contributed by atoms with Gasteiger partial charge in [-0.25, -0.2) is 13.4 Å². The highest BCUT2D eigenvalue weighted by atomic mass is 32.3. The lowest BCUT2D eigenvalue weighted by atomic mass is 9.99. The molecule has 3 heterocycles. The van der Waals surface area contributed by atoms with Crippen LogP contribution < -0.4 is 3.71 Å². The Morgan fingerprint density at radius 2 is 1.67 bits per heavy atom. The second-order valence-electron chi connectivity index (χ2n) is 10.8. The van der Waals surface area contributed by atoms with Crippen LogP contribution in [0.15, 0.2) is 93.8 Å². The van der Waals surface area contributed by atoms with Crippen molar-refractivity contribution in [3.8, 4) is 0 Å². The van der Waals surface area contributed by atoms with Crippen LogP contribution in [-0.2, 0) is 24.8 Å². The minimum absolute atomic E-state index is 0.0365. The summed E-state index contributed by atoms with van der Waals surface area (Å²) in [6.45, 7) is 4.11. The van der Waals surface area contributed by atoms with Crippen LogP contribution in [-0.4, -0.2) is 63.2 Å². The maximum atomic E-state index is 13.9. The van der Waals surface area contributed by atoms with Crippen LogP contribution in [0, 0.1) is 6.92 Å². The lowest BCUT2D eigenvalue weighted by molar-refractivity contribution is -0.130. The third-order valence-electron chi connectivity index (χ3n) is 8.21. The van der Waals surface area contributed by atoms with Gasteiger partial charge >= 0.3 is 0 Å². The first-order chi connectivity index (χ1) is 20.2. The van der Waals surface area contributed by atoms with Gasteiger partial charge in [0.1, 0.15) is 0 Å². The Morgan fingerprint density at radius 3 is 2.33 bits per heavy atom. The fourth-order valence-corrected chi connectivity index (χ4v) is 10.8. The Morgan fingerprint density at radius 1 is 0.905 bits per heavy atom. The largest absolute Gasteiger partial charge is 0.315 e. The molecule has 2 unspecified atom stereocenters. The van der Waals surface area contributed by atoms with Crippen LogP contribution in [0.4, 0.5) is 5.13 Å². The van der Waals surface area contributed by atoms with Crippen LogP contribution in [0.1, 0.15) is 42.7 Å². The molecule has 2 aliphatic heterocycles. The summed E-state index contributed by atoms with van der Waals surface area (Å²) in [5.41, 5.74) is 2.90. The van der Waals surface area contributed by atoms with E-state index >= 15 is 0 Å². The lowest BCUT2D eigenvalue weighted by Gasteiger charge is -2.27. The van der Waals surface area contributed by atoms with Gasteiger partial charge in [0.15, 0.2) is 0 Å². The first-order valence-corrected chi connectivity index (χ1v) is 17.7. The number of allylic oxidation sites excluding steroid dienone is 4. The first-order valence-electron chi connectivity index (χ1n) is 13.9. The van der Waals surface area contributed by atoms with E-state index in [2.05, 4.69) is 22.0 Å². The molecule has 6 rings (SSSR count). The van der Waals surface area contributed by atoms with Gasteiger partial charge in [-0.1, -0.05) is 48.0 Å². The van der Waals surface area contributed by atoms with E-state index < -0.39 is 20.0 Å². The number of nitrogens with zero attached hydrogens (tertiary/aromatic N) is 4. The highest BCUT2D eigenvalue weighted by Crippen LogP contribution is 2.37. The monoisotopic (exact) mass is 624 g/mol. The molecule has 9 nitrogen and oxygen atoms in total. The van der Waals surface area contributed by atoms with Crippen molar-refractivity contribution in [1.29, 1.82) is 0 Å². The Bertz CT molecular complexity index is 1740.